The molecule has 1 atom stereocenters. The van der Waals surface area contributed by atoms with Gasteiger partial charge in [0.15, 0.2) is 0 Å². The number of rotatable bonds is 3. The molecule has 0 aliphatic heterocycles. The van der Waals surface area contributed by atoms with Gasteiger partial charge in [-0.2, -0.15) is 0 Å². The Morgan fingerprint density at radius 3 is 2.14 bits per heavy atom. The topological polar surface area (TPSA) is 49.7 Å². The summed E-state index contributed by atoms with van der Waals surface area (Å²) in [6.07, 6.45) is 4.61. The second-order valence-corrected chi connectivity index (χ2v) is 26.0. The van der Waals surface area contributed by atoms with Crippen LogP contribution in [0.4, 0.5) is 0 Å². The van der Waals surface area contributed by atoms with Crippen LogP contribution in [0.5, 0.6) is 5.75 Å². The fourth-order valence-electron chi connectivity index (χ4n) is 3.72. The van der Waals surface area contributed by atoms with Crippen LogP contribution in [0.25, 0.3) is 16.8 Å². The first-order valence-electron chi connectivity index (χ1n) is 9.33. The van der Waals surface area contributed by atoms with Crippen molar-refractivity contribution >= 4 is 24.5 Å². The first-order valence-corrected chi connectivity index (χ1v) is 18.0. The van der Waals surface area contributed by atoms with Gasteiger partial charge in [-0.15, -0.1) is 0 Å². The molecule has 0 heterocycles. The van der Waals surface area contributed by atoms with Crippen LogP contribution in [-0.2, 0) is 14.4 Å². The molecule has 0 saturated heterocycles. The summed E-state index contributed by atoms with van der Waals surface area (Å²) in [7, 11) is 4.12. The Morgan fingerprint density at radius 2 is 1.43 bits per heavy atom. The Morgan fingerprint density at radius 1 is 0.821 bits per heavy atom. The van der Waals surface area contributed by atoms with Gasteiger partial charge in [-0.1, -0.05) is 0 Å². The molecule has 0 spiro atoms. The van der Waals surface area contributed by atoms with E-state index in [1.165, 1.54) is 21.9 Å². The van der Waals surface area contributed by atoms with E-state index in [2.05, 4.69) is 97.0 Å². The molecular formula is C23H30O3SiTi. The molecule has 4 rings (SSSR count). The van der Waals surface area contributed by atoms with Crippen LogP contribution >= 0.6 is 0 Å². The Kier molecular flexibility index (Phi) is 7.43. The van der Waals surface area contributed by atoms with Crippen molar-refractivity contribution in [3.05, 3.63) is 83.9 Å². The molecule has 3 nitrogen and oxygen atoms in total. The summed E-state index contributed by atoms with van der Waals surface area (Å²) in [6, 6.07) is 23.6. The average molecular weight is 430 g/mol. The van der Waals surface area contributed by atoms with Crippen LogP contribution in [0.3, 0.4) is 0 Å². The van der Waals surface area contributed by atoms with Crippen molar-refractivity contribution in [2.45, 2.75) is 14.7 Å². The van der Waals surface area contributed by atoms with Crippen LogP contribution < -0.4 is 3.32 Å². The van der Waals surface area contributed by atoms with Gasteiger partial charge in [-0.25, -0.2) is 0 Å². The normalized spacial score (nSPS) is 15.0. The quantitative estimate of drug-likeness (QED) is 0.604. The standard InChI is InChI=1S/C10H8O.C9H7.2CH4O.2CH3.H2Si.Ti/c11-10-6-5-8-3-1-2-4-9(8)7-10;1-2-5-9-7-3-6-8(9)4-1;2*1-2;;;;/h1-7,11H;1-7H;2*2H,1H3;2*1H3;1H2;/q;;;;;;;+1/p-1. The van der Waals surface area contributed by atoms with Crippen LogP contribution in [0.2, 0.25) is 10.5 Å². The van der Waals surface area contributed by atoms with E-state index in [9.17, 15) is 0 Å². The van der Waals surface area contributed by atoms with Gasteiger partial charge in [0.1, 0.15) is 0 Å². The average Bonchev–Trinajstić information content (AvgIpc) is 3.16. The predicted molar refractivity (Wildman–Crippen MR) is 119 cm³/mol. The van der Waals surface area contributed by atoms with E-state index < -0.39 is 14.4 Å². The van der Waals surface area contributed by atoms with Gasteiger partial charge in [0, 0.05) is 14.2 Å². The molecule has 0 amide bonds. The number of allylic oxidation sites excluding steroid dienone is 1. The monoisotopic (exact) mass is 430 g/mol. The fourth-order valence-corrected chi connectivity index (χ4v) is 10.5. The minimum absolute atomic E-state index is 0.419. The van der Waals surface area contributed by atoms with Crippen molar-refractivity contribution < 1.29 is 28.0 Å². The van der Waals surface area contributed by atoms with Gasteiger partial charge >= 0.3 is 147 Å². The van der Waals surface area contributed by atoms with Crippen molar-refractivity contribution in [2.75, 3.05) is 14.2 Å². The molecule has 1 aliphatic rings. The molecular weight excluding hydrogens is 400 g/mol. The van der Waals surface area contributed by atoms with E-state index in [-0.39, 0.29) is 0 Å². The van der Waals surface area contributed by atoms with Crippen molar-refractivity contribution in [3.63, 3.8) is 0 Å². The van der Waals surface area contributed by atoms with Crippen LogP contribution in [0.1, 0.15) is 15.3 Å². The second-order valence-electron chi connectivity index (χ2n) is 7.74. The molecule has 0 bridgehead atoms. The molecule has 3 aromatic carbocycles. The summed E-state index contributed by atoms with van der Waals surface area (Å²) in [6.45, 7) is 0. The molecule has 0 radical (unpaired) electrons. The third-order valence-corrected chi connectivity index (χ3v) is 12.6. The number of aliphatic hydroxyl groups excluding tert-OH is 2. The number of fused-ring (bicyclic) bond motifs is 2. The minimum atomic E-state index is -3.18. The number of hydrogen-bond acceptors (Lipinski definition) is 3. The Balaban J connectivity index is 0.000000660. The van der Waals surface area contributed by atoms with Gasteiger partial charge < -0.3 is 10.2 Å². The molecule has 0 saturated carbocycles. The summed E-state index contributed by atoms with van der Waals surface area (Å²) < 4.78 is 7.21. The molecule has 0 fully saturated rings. The molecule has 3 aromatic rings. The van der Waals surface area contributed by atoms with Crippen molar-refractivity contribution in [2.24, 2.45) is 0 Å². The zero-order valence-corrected chi connectivity index (χ0v) is 20.1. The molecule has 1 unspecified atom stereocenters. The van der Waals surface area contributed by atoms with Crippen LogP contribution in [-0.4, -0.2) is 32.1 Å². The maximum atomic E-state index is 7.00. The van der Waals surface area contributed by atoms with Crippen LogP contribution in [0, 0.1) is 0 Å². The number of benzene rings is 3. The molecule has 28 heavy (non-hydrogen) atoms. The summed E-state index contributed by atoms with van der Waals surface area (Å²) in [5, 5.41) is 21.3. The summed E-state index contributed by atoms with van der Waals surface area (Å²) in [4.78, 5) is 0. The first-order chi connectivity index (χ1) is 13.4. The SMILES string of the molecule is CO.CO.[CH3][Ti]([CH3])(=[SiH2])([O]c1ccc2ccccc2c1)[CH]1C=Cc2ccccc21. The Bertz CT molecular complexity index is 1040. The third kappa shape index (κ3) is 4.83. The van der Waals surface area contributed by atoms with Crippen molar-refractivity contribution in [1.82, 2.24) is 0 Å². The second kappa shape index (κ2) is 9.21. The number of aliphatic hydroxyl groups is 2. The summed E-state index contributed by atoms with van der Waals surface area (Å²) in [5.41, 5.74) is 2.77. The fraction of sp³-hybridized carbons (Fsp3) is 0.217. The van der Waals surface area contributed by atoms with E-state index in [1.807, 2.05) is 0 Å². The van der Waals surface area contributed by atoms with Crippen molar-refractivity contribution in [3.8, 4) is 5.75 Å². The van der Waals surface area contributed by atoms with Gasteiger partial charge in [0.25, 0.3) is 0 Å². The summed E-state index contributed by atoms with van der Waals surface area (Å²) in [5.74, 6) is 1.00. The zero-order valence-electron chi connectivity index (χ0n) is 17.1. The van der Waals surface area contributed by atoms with Crippen LogP contribution in [0.15, 0.2) is 72.8 Å². The molecule has 148 valence electrons. The van der Waals surface area contributed by atoms with E-state index in [1.54, 1.807) is 0 Å². The predicted octanol–water partition coefficient (Wildman–Crippen LogP) is 4.45. The zero-order chi connectivity index (χ0) is 20.8. The molecule has 1 aliphatic carbocycles. The van der Waals surface area contributed by atoms with Gasteiger partial charge in [-0.3, -0.25) is 0 Å². The van der Waals surface area contributed by atoms with Gasteiger partial charge in [0.2, 0.25) is 0 Å². The third-order valence-electron chi connectivity index (χ3n) is 4.94. The van der Waals surface area contributed by atoms with E-state index in [0.29, 0.717) is 4.22 Å². The molecule has 5 heteroatoms. The van der Waals surface area contributed by atoms with E-state index in [0.717, 1.165) is 20.0 Å². The first kappa shape index (κ1) is 22.6. The van der Waals surface area contributed by atoms with E-state index in [4.69, 9.17) is 13.5 Å². The Labute approximate surface area is 170 Å². The summed E-state index contributed by atoms with van der Waals surface area (Å²) >= 11 is -3.18. The van der Waals surface area contributed by atoms with E-state index >= 15 is 0 Å². The van der Waals surface area contributed by atoms with Gasteiger partial charge in [0.05, 0.1) is 0 Å². The van der Waals surface area contributed by atoms with Gasteiger partial charge in [-0.05, 0) is 0 Å². The Hall–Kier alpha value is -1.69. The number of hydrogen-bond donors (Lipinski definition) is 2. The molecule has 2 N–H and O–H groups in total. The maximum absolute atomic E-state index is 7.00. The molecule has 0 aromatic heterocycles. The van der Waals surface area contributed by atoms with Crippen molar-refractivity contribution in [1.29, 1.82) is 0 Å².